The second-order valence-electron chi connectivity index (χ2n) is 4.89. The minimum Gasteiger partial charge on any atom is -0.468 e. The molecule has 0 bridgehead atoms. The lowest BCUT2D eigenvalue weighted by Crippen LogP contribution is -2.33. The van der Waals surface area contributed by atoms with Crippen LogP contribution in [0.25, 0.3) is 0 Å². The molecule has 0 aliphatic rings. The van der Waals surface area contributed by atoms with Crippen LogP contribution in [0.2, 0.25) is 5.02 Å². The van der Waals surface area contributed by atoms with Crippen molar-refractivity contribution in [3.8, 4) is 0 Å². The Balaban J connectivity index is 1.68. The van der Waals surface area contributed by atoms with Crippen LogP contribution in [0.4, 0.5) is 0 Å². The third-order valence-electron chi connectivity index (χ3n) is 3.13. The van der Waals surface area contributed by atoms with Crippen molar-refractivity contribution >= 4 is 41.0 Å². The van der Waals surface area contributed by atoms with Gasteiger partial charge in [-0.2, -0.15) is 11.8 Å². The summed E-state index contributed by atoms with van der Waals surface area (Å²) in [6.45, 7) is 2.70. The Morgan fingerprint density at radius 3 is 2.74 bits per heavy atom. The van der Waals surface area contributed by atoms with Crippen LogP contribution in [0.1, 0.15) is 19.1 Å². The highest BCUT2D eigenvalue weighted by Crippen LogP contribution is 2.26. The Kier molecular flexibility index (Phi) is 7.92. The van der Waals surface area contributed by atoms with E-state index in [1.807, 2.05) is 43.3 Å². The number of hydrogen-bond donors (Lipinski definition) is 1. The molecule has 1 heterocycles. The van der Waals surface area contributed by atoms with E-state index in [2.05, 4.69) is 5.32 Å². The summed E-state index contributed by atoms with van der Waals surface area (Å²) in [5.74, 6) is 2.76. The highest BCUT2D eigenvalue weighted by molar-refractivity contribution is 8.00. The van der Waals surface area contributed by atoms with Gasteiger partial charge < -0.3 is 9.73 Å². The summed E-state index contributed by atoms with van der Waals surface area (Å²) in [6.07, 6.45) is 2.47. The van der Waals surface area contributed by atoms with Crippen molar-refractivity contribution in [1.82, 2.24) is 5.32 Å². The summed E-state index contributed by atoms with van der Waals surface area (Å²) < 4.78 is 5.27. The minimum absolute atomic E-state index is 0.0775. The maximum absolute atomic E-state index is 12.3. The van der Waals surface area contributed by atoms with Gasteiger partial charge >= 0.3 is 0 Å². The fraction of sp³-hybridized carbons (Fsp3) is 0.353. The molecule has 1 aromatic carbocycles. The molecule has 1 aromatic heterocycles. The van der Waals surface area contributed by atoms with Crippen molar-refractivity contribution in [1.29, 1.82) is 0 Å². The zero-order chi connectivity index (χ0) is 16.5. The Hall–Kier alpha value is -1.04. The molecule has 0 aliphatic heterocycles. The van der Waals surface area contributed by atoms with Gasteiger partial charge in [-0.3, -0.25) is 4.79 Å². The maximum Gasteiger partial charge on any atom is 0.233 e. The number of benzene rings is 1. The van der Waals surface area contributed by atoms with E-state index in [4.69, 9.17) is 16.0 Å². The number of halogens is 1. The third-order valence-corrected chi connectivity index (χ3v) is 5.73. The van der Waals surface area contributed by atoms with Gasteiger partial charge in [-0.05, 0) is 42.8 Å². The number of amides is 1. The number of rotatable bonds is 9. The average molecular weight is 370 g/mol. The van der Waals surface area contributed by atoms with Crippen LogP contribution in [0, 0.1) is 0 Å². The number of furan rings is 1. The SMILES string of the molecule is CC[C@H](Sc1ccc(Cl)cc1)C(=O)NCCSCc1ccco1. The number of nitrogens with one attached hydrogen (secondary N) is 1. The number of thioether (sulfide) groups is 2. The van der Waals surface area contributed by atoms with Gasteiger partial charge in [0.1, 0.15) is 5.76 Å². The molecule has 0 fully saturated rings. The van der Waals surface area contributed by atoms with E-state index >= 15 is 0 Å². The van der Waals surface area contributed by atoms with Gasteiger partial charge in [0, 0.05) is 22.2 Å². The zero-order valence-electron chi connectivity index (χ0n) is 13.0. The molecular formula is C17H20ClNO2S2. The third kappa shape index (κ3) is 6.53. The molecule has 0 aliphatic carbocycles. The van der Waals surface area contributed by atoms with Crippen LogP contribution in [0.5, 0.6) is 0 Å². The van der Waals surface area contributed by atoms with Gasteiger partial charge in [0.2, 0.25) is 5.91 Å². The maximum atomic E-state index is 12.3. The molecule has 1 N–H and O–H groups in total. The van der Waals surface area contributed by atoms with E-state index in [1.54, 1.807) is 29.8 Å². The number of carbonyl (C=O) groups is 1. The zero-order valence-corrected chi connectivity index (χ0v) is 15.3. The van der Waals surface area contributed by atoms with Gasteiger partial charge in [0.25, 0.3) is 0 Å². The molecule has 1 atom stereocenters. The van der Waals surface area contributed by atoms with Crippen molar-refractivity contribution in [3.63, 3.8) is 0 Å². The minimum atomic E-state index is -0.0775. The lowest BCUT2D eigenvalue weighted by molar-refractivity contribution is -0.120. The quantitative estimate of drug-likeness (QED) is 0.506. The molecule has 2 rings (SSSR count). The first-order valence-corrected chi connectivity index (χ1v) is 9.90. The van der Waals surface area contributed by atoms with E-state index in [-0.39, 0.29) is 11.2 Å². The van der Waals surface area contributed by atoms with Gasteiger partial charge in [0.15, 0.2) is 0 Å². The molecule has 0 saturated carbocycles. The molecular weight excluding hydrogens is 350 g/mol. The Labute approximate surface area is 150 Å². The first-order chi connectivity index (χ1) is 11.2. The van der Waals surface area contributed by atoms with E-state index in [9.17, 15) is 4.79 Å². The van der Waals surface area contributed by atoms with Crippen LogP contribution in [-0.4, -0.2) is 23.5 Å². The molecule has 0 unspecified atom stereocenters. The van der Waals surface area contributed by atoms with Crippen molar-refractivity contribution in [2.75, 3.05) is 12.3 Å². The average Bonchev–Trinajstić information content (AvgIpc) is 3.07. The summed E-state index contributed by atoms with van der Waals surface area (Å²) in [5, 5.41) is 3.64. The summed E-state index contributed by atoms with van der Waals surface area (Å²) in [6, 6.07) is 11.4. The van der Waals surface area contributed by atoms with Crippen LogP contribution in [0.3, 0.4) is 0 Å². The topological polar surface area (TPSA) is 42.2 Å². The lowest BCUT2D eigenvalue weighted by atomic mass is 10.3. The van der Waals surface area contributed by atoms with E-state index in [0.29, 0.717) is 11.6 Å². The molecule has 1 amide bonds. The number of carbonyl (C=O) groups excluding carboxylic acids is 1. The van der Waals surface area contributed by atoms with E-state index < -0.39 is 0 Å². The van der Waals surface area contributed by atoms with Crippen LogP contribution in [0.15, 0.2) is 52.0 Å². The molecule has 0 saturated heterocycles. The molecule has 0 spiro atoms. The first-order valence-electron chi connectivity index (χ1n) is 7.49. The van der Waals surface area contributed by atoms with Crippen molar-refractivity contribution in [3.05, 3.63) is 53.4 Å². The van der Waals surface area contributed by atoms with Crippen molar-refractivity contribution in [2.24, 2.45) is 0 Å². The fourth-order valence-electron chi connectivity index (χ4n) is 1.93. The van der Waals surface area contributed by atoms with E-state index in [1.165, 1.54) is 0 Å². The summed E-state index contributed by atoms with van der Waals surface area (Å²) >= 11 is 9.21. The van der Waals surface area contributed by atoms with Crippen molar-refractivity contribution < 1.29 is 9.21 Å². The smallest absolute Gasteiger partial charge is 0.233 e. The molecule has 23 heavy (non-hydrogen) atoms. The monoisotopic (exact) mass is 369 g/mol. The predicted molar refractivity (Wildman–Crippen MR) is 99.3 cm³/mol. The van der Waals surface area contributed by atoms with Gasteiger partial charge in [-0.25, -0.2) is 0 Å². The van der Waals surface area contributed by atoms with E-state index in [0.717, 1.165) is 28.6 Å². The highest BCUT2D eigenvalue weighted by Gasteiger charge is 2.17. The molecule has 6 heteroatoms. The molecule has 2 aromatic rings. The summed E-state index contributed by atoms with van der Waals surface area (Å²) in [4.78, 5) is 13.3. The van der Waals surface area contributed by atoms with Gasteiger partial charge in [-0.15, -0.1) is 11.8 Å². The van der Waals surface area contributed by atoms with Crippen LogP contribution in [-0.2, 0) is 10.5 Å². The standard InChI is InChI=1S/C17H20ClNO2S2/c1-2-16(23-15-7-5-13(18)6-8-15)17(20)19-9-11-22-12-14-4-3-10-21-14/h3-8,10,16H,2,9,11-12H2,1H3,(H,19,20)/t16-/m0/s1. The predicted octanol–water partition coefficient (Wildman–Crippen LogP) is 4.85. The molecule has 124 valence electrons. The summed E-state index contributed by atoms with van der Waals surface area (Å²) in [7, 11) is 0. The largest absolute Gasteiger partial charge is 0.468 e. The number of hydrogen-bond acceptors (Lipinski definition) is 4. The van der Waals surface area contributed by atoms with Crippen LogP contribution >= 0.6 is 35.1 Å². The van der Waals surface area contributed by atoms with Gasteiger partial charge in [-0.1, -0.05) is 18.5 Å². The van der Waals surface area contributed by atoms with Crippen LogP contribution < -0.4 is 5.32 Å². The first kappa shape index (κ1) is 18.3. The second kappa shape index (κ2) is 9.96. The fourth-order valence-corrected chi connectivity index (χ4v) is 3.79. The molecule has 0 radical (unpaired) electrons. The Morgan fingerprint density at radius 2 is 2.09 bits per heavy atom. The second-order valence-corrected chi connectivity index (χ2v) is 7.71. The normalized spacial score (nSPS) is 12.1. The highest BCUT2D eigenvalue weighted by atomic mass is 35.5. The Bertz CT molecular complexity index is 587. The summed E-state index contributed by atoms with van der Waals surface area (Å²) in [5.41, 5.74) is 0. The molecule has 3 nitrogen and oxygen atoms in total. The van der Waals surface area contributed by atoms with Gasteiger partial charge in [0.05, 0.1) is 17.3 Å². The Morgan fingerprint density at radius 1 is 1.30 bits per heavy atom. The van der Waals surface area contributed by atoms with Crippen molar-refractivity contribution in [2.45, 2.75) is 29.2 Å². The lowest BCUT2D eigenvalue weighted by Gasteiger charge is -2.14.